The van der Waals surface area contributed by atoms with Crippen LogP contribution in [0.15, 0.2) is 67.0 Å². The van der Waals surface area contributed by atoms with Crippen molar-refractivity contribution < 1.29 is 4.79 Å². The Balaban J connectivity index is 1.61. The number of benzene rings is 2. The van der Waals surface area contributed by atoms with Crippen LogP contribution in [0.2, 0.25) is 5.02 Å². The first-order chi connectivity index (χ1) is 11.6. The zero-order valence-corrected chi connectivity index (χ0v) is 14.1. The van der Waals surface area contributed by atoms with E-state index in [1.165, 1.54) is 0 Å². The van der Waals surface area contributed by atoms with Crippen molar-refractivity contribution >= 4 is 17.5 Å². The molecule has 0 aliphatic carbocycles. The van der Waals surface area contributed by atoms with E-state index in [4.69, 9.17) is 11.6 Å². The quantitative estimate of drug-likeness (QED) is 0.765. The Labute approximate surface area is 146 Å². The van der Waals surface area contributed by atoms with E-state index in [0.29, 0.717) is 11.4 Å². The summed E-state index contributed by atoms with van der Waals surface area (Å²) in [7, 11) is 0. The van der Waals surface area contributed by atoms with E-state index in [1.807, 2.05) is 67.7 Å². The lowest BCUT2D eigenvalue weighted by molar-refractivity contribution is -0.121. The largest absolute Gasteiger partial charge is 0.349 e. The Kier molecular flexibility index (Phi) is 4.96. The lowest BCUT2D eigenvalue weighted by atomic mass is 10.1. The Bertz CT molecular complexity index is 812. The van der Waals surface area contributed by atoms with Crippen LogP contribution < -0.4 is 5.32 Å². The smallest absolute Gasteiger partial charge is 0.225 e. The predicted molar refractivity (Wildman–Crippen MR) is 95.3 cm³/mol. The summed E-state index contributed by atoms with van der Waals surface area (Å²) in [6, 6.07) is 17.2. The Hall–Kier alpha value is -2.59. The number of rotatable bonds is 5. The van der Waals surface area contributed by atoms with Crippen molar-refractivity contribution in [3.05, 3.63) is 83.1 Å². The molecule has 1 aromatic heterocycles. The van der Waals surface area contributed by atoms with Gasteiger partial charge in [-0.15, -0.1) is 0 Å². The summed E-state index contributed by atoms with van der Waals surface area (Å²) in [5.74, 6) is -0.0370. The third-order valence-electron chi connectivity index (χ3n) is 3.77. The van der Waals surface area contributed by atoms with Gasteiger partial charge in [0.25, 0.3) is 0 Å². The van der Waals surface area contributed by atoms with Gasteiger partial charge in [-0.05, 0) is 42.3 Å². The van der Waals surface area contributed by atoms with Crippen LogP contribution in [-0.4, -0.2) is 15.7 Å². The van der Waals surface area contributed by atoms with E-state index in [9.17, 15) is 4.79 Å². The number of hydrogen-bond acceptors (Lipinski definition) is 2. The normalized spacial score (nSPS) is 11.9. The van der Waals surface area contributed by atoms with Crippen LogP contribution in [0.5, 0.6) is 0 Å². The number of hydrogen-bond donors (Lipinski definition) is 1. The van der Waals surface area contributed by atoms with Gasteiger partial charge in [0.05, 0.1) is 24.3 Å². The highest BCUT2D eigenvalue weighted by molar-refractivity contribution is 6.30. The number of para-hydroxylation sites is 1. The molecule has 0 aliphatic heterocycles. The predicted octanol–water partition coefficient (Wildman–Crippen LogP) is 3.95. The molecule has 0 fully saturated rings. The highest BCUT2D eigenvalue weighted by Gasteiger charge is 2.11. The van der Waals surface area contributed by atoms with E-state index in [1.54, 1.807) is 10.9 Å². The van der Waals surface area contributed by atoms with Gasteiger partial charge in [0.15, 0.2) is 0 Å². The van der Waals surface area contributed by atoms with E-state index < -0.39 is 0 Å². The fraction of sp³-hybridized carbons (Fsp3) is 0.158. The number of aromatic nitrogens is 2. The van der Waals surface area contributed by atoms with Crippen molar-refractivity contribution in [3.63, 3.8) is 0 Å². The van der Waals surface area contributed by atoms with Crippen LogP contribution in [0.1, 0.15) is 24.1 Å². The molecule has 1 atom stereocenters. The van der Waals surface area contributed by atoms with Crippen molar-refractivity contribution in [2.45, 2.75) is 19.4 Å². The van der Waals surface area contributed by atoms with Crippen LogP contribution in [0.4, 0.5) is 0 Å². The molecule has 24 heavy (non-hydrogen) atoms. The summed E-state index contributed by atoms with van der Waals surface area (Å²) in [6.45, 7) is 1.95. The summed E-state index contributed by atoms with van der Waals surface area (Å²) < 4.78 is 1.77. The molecule has 0 unspecified atom stereocenters. The first-order valence-corrected chi connectivity index (χ1v) is 8.13. The van der Waals surface area contributed by atoms with Gasteiger partial charge in [-0.2, -0.15) is 5.10 Å². The van der Waals surface area contributed by atoms with Gasteiger partial charge in [0.2, 0.25) is 5.91 Å². The lowest BCUT2D eigenvalue weighted by Crippen LogP contribution is -2.27. The molecule has 0 saturated carbocycles. The molecule has 0 bridgehead atoms. The van der Waals surface area contributed by atoms with Crippen LogP contribution in [0, 0.1) is 0 Å². The zero-order chi connectivity index (χ0) is 16.9. The highest BCUT2D eigenvalue weighted by atomic mass is 35.5. The Morgan fingerprint density at radius 1 is 1.17 bits per heavy atom. The monoisotopic (exact) mass is 339 g/mol. The second-order valence-electron chi connectivity index (χ2n) is 5.65. The lowest BCUT2D eigenvalue weighted by Gasteiger charge is -2.14. The molecular formula is C19H18ClN3O. The summed E-state index contributed by atoms with van der Waals surface area (Å²) >= 11 is 5.89. The van der Waals surface area contributed by atoms with Gasteiger partial charge >= 0.3 is 0 Å². The van der Waals surface area contributed by atoms with E-state index in [2.05, 4.69) is 10.4 Å². The van der Waals surface area contributed by atoms with Gasteiger partial charge < -0.3 is 5.32 Å². The molecule has 1 N–H and O–H groups in total. The maximum Gasteiger partial charge on any atom is 0.225 e. The topological polar surface area (TPSA) is 46.9 Å². The van der Waals surface area contributed by atoms with Gasteiger partial charge in [-0.25, -0.2) is 4.68 Å². The van der Waals surface area contributed by atoms with Crippen molar-refractivity contribution in [2.24, 2.45) is 0 Å². The number of carbonyl (C=O) groups excluding carboxylic acids is 1. The molecular weight excluding hydrogens is 322 g/mol. The molecule has 0 spiro atoms. The molecule has 4 nitrogen and oxygen atoms in total. The molecule has 122 valence electrons. The highest BCUT2D eigenvalue weighted by Crippen LogP contribution is 2.16. The minimum absolute atomic E-state index is 0.0370. The summed E-state index contributed by atoms with van der Waals surface area (Å²) in [5, 5.41) is 7.99. The minimum Gasteiger partial charge on any atom is -0.349 e. The number of nitrogens with zero attached hydrogens (tertiary/aromatic N) is 2. The second kappa shape index (κ2) is 7.32. The van der Waals surface area contributed by atoms with Crippen LogP contribution in [-0.2, 0) is 11.2 Å². The average Bonchev–Trinajstić information content (AvgIpc) is 3.04. The maximum absolute atomic E-state index is 12.2. The second-order valence-corrected chi connectivity index (χ2v) is 6.08. The van der Waals surface area contributed by atoms with Crippen molar-refractivity contribution in [2.75, 3.05) is 0 Å². The number of carbonyl (C=O) groups is 1. The van der Waals surface area contributed by atoms with Crippen LogP contribution in [0.3, 0.4) is 0 Å². The fourth-order valence-electron chi connectivity index (χ4n) is 2.49. The number of nitrogens with one attached hydrogen (secondary N) is 1. The van der Waals surface area contributed by atoms with Crippen molar-refractivity contribution in [1.29, 1.82) is 0 Å². The van der Waals surface area contributed by atoms with Crippen LogP contribution in [0.25, 0.3) is 5.69 Å². The Morgan fingerprint density at radius 2 is 1.88 bits per heavy atom. The minimum atomic E-state index is -0.0704. The number of amides is 1. The molecule has 1 amide bonds. The number of halogens is 1. The maximum atomic E-state index is 12.2. The molecule has 0 radical (unpaired) electrons. The average molecular weight is 340 g/mol. The molecule has 3 aromatic rings. The molecule has 1 heterocycles. The van der Waals surface area contributed by atoms with E-state index in [0.717, 1.165) is 16.8 Å². The van der Waals surface area contributed by atoms with Crippen molar-refractivity contribution in [3.8, 4) is 5.69 Å². The van der Waals surface area contributed by atoms with Gasteiger partial charge in [-0.3, -0.25) is 4.79 Å². The van der Waals surface area contributed by atoms with Gasteiger partial charge in [0, 0.05) is 11.2 Å². The Morgan fingerprint density at radius 3 is 2.58 bits per heavy atom. The van der Waals surface area contributed by atoms with E-state index in [-0.39, 0.29) is 11.9 Å². The molecule has 5 heteroatoms. The SMILES string of the molecule is C[C@H](NC(=O)Cc1cnn(-c2ccccc2)c1)c1ccc(Cl)cc1. The van der Waals surface area contributed by atoms with E-state index >= 15 is 0 Å². The first kappa shape index (κ1) is 16.3. The third-order valence-corrected chi connectivity index (χ3v) is 4.02. The third kappa shape index (κ3) is 4.03. The zero-order valence-electron chi connectivity index (χ0n) is 13.3. The molecule has 2 aromatic carbocycles. The molecule has 0 saturated heterocycles. The van der Waals surface area contributed by atoms with Gasteiger partial charge in [-0.1, -0.05) is 41.9 Å². The van der Waals surface area contributed by atoms with Crippen LogP contribution >= 0.6 is 11.6 Å². The van der Waals surface area contributed by atoms with Crippen molar-refractivity contribution in [1.82, 2.24) is 15.1 Å². The van der Waals surface area contributed by atoms with Gasteiger partial charge in [0.1, 0.15) is 0 Å². The summed E-state index contributed by atoms with van der Waals surface area (Å²) in [5.41, 5.74) is 2.87. The first-order valence-electron chi connectivity index (χ1n) is 7.75. The fourth-order valence-corrected chi connectivity index (χ4v) is 2.61. The molecule has 3 rings (SSSR count). The molecule has 0 aliphatic rings. The summed E-state index contributed by atoms with van der Waals surface area (Å²) in [4.78, 5) is 12.2. The summed E-state index contributed by atoms with van der Waals surface area (Å²) in [6.07, 6.45) is 3.90. The standard InChI is InChI=1S/C19H18ClN3O/c1-14(16-7-9-17(20)10-8-16)22-19(24)11-15-12-21-23(13-15)18-5-3-2-4-6-18/h2-10,12-14H,11H2,1H3,(H,22,24)/t14-/m0/s1.